The standard InChI is InChI=1S/C20H17F3N2O4S/c1-12-15(17(27)29-2)19(20(21,22)23,24-16(26)14-9-6-10-30-14)18(28)25(12)11-13-7-4-3-5-8-13/h3-10H,11H2,1-2H3,(H,24,26)/t19-/m1/s1. The number of methoxy groups -OCH3 is 1. The highest BCUT2D eigenvalue weighted by molar-refractivity contribution is 7.12. The van der Waals surface area contributed by atoms with E-state index in [1.165, 1.54) is 24.4 Å². The third-order valence-corrected chi connectivity index (χ3v) is 5.62. The number of rotatable bonds is 5. The molecule has 1 aromatic heterocycles. The number of esters is 1. The van der Waals surface area contributed by atoms with Crippen LogP contribution in [0.2, 0.25) is 0 Å². The fourth-order valence-corrected chi connectivity index (χ4v) is 3.94. The van der Waals surface area contributed by atoms with Crippen LogP contribution in [0.25, 0.3) is 0 Å². The van der Waals surface area contributed by atoms with Crippen molar-refractivity contribution in [2.75, 3.05) is 7.11 Å². The van der Waals surface area contributed by atoms with Gasteiger partial charge in [-0.25, -0.2) is 4.79 Å². The van der Waals surface area contributed by atoms with E-state index in [2.05, 4.69) is 4.74 Å². The van der Waals surface area contributed by atoms with Gasteiger partial charge in [0, 0.05) is 5.70 Å². The summed E-state index contributed by atoms with van der Waals surface area (Å²) in [5.41, 5.74) is -4.19. The van der Waals surface area contributed by atoms with Gasteiger partial charge >= 0.3 is 12.1 Å². The van der Waals surface area contributed by atoms with Gasteiger partial charge in [-0.3, -0.25) is 9.59 Å². The molecule has 0 unspecified atom stereocenters. The van der Waals surface area contributed by atoms with E-state index in [-0.39, 0.29) is 17.1 Å². The van der Waals surface area contributed by atoms with E-state index in [0.717, 1.165) is 23.3 Å². The number of hydrogen-bond donors (Lipinski definition) is 1. The predicted octanol–water partition coefficient (Wildman–Crippen LogP) is 3.27. The van der Waals surface area contributed by atoms with Gasteiger partial charge in [0.15, 0.2) is 0 Å². The number of hydrogen-bond acceptors (Lipinski definition) is 5. The van der Waals surface area contributed by atoms with Crippen LogP contribution in [0.3, 0.4) is 0 Å². The Labute approximate surface area is 173 Å². The molecule has 0 fully saturated rings. The lowest BCUT2D eigenvalue weighted by atomic mass is 9.89. The first kappa shape index (κ1) is 21.6. The molecule has 2 amide bonds. The summed E-state index contributed by atoms with van der Waals surface area (Å²) in [5, 5.41) is 3.30. The van der Waals surface area contributed by atoms with Crippen LogP contribution in [-0.2, 0) is 20.9 Å². The summed E-state index contributed by atoms with van der Waals surface area (Å²) in [5.74, 6) is -3.94. The molecule has 10 heteroatoms. The smallest absolute Gasteiger partial charge is 0.425 e. The molecule has 0 radical (unpaired) electrons. The number of ether oxygens (including phenoxy) is 1. The molecule has 158 valence electrons. The maximum atomic E-state index is 14.4. The van der Waals surface area contributed by atoms with Crippen molar-refractivity contribution in [1.82, 2.24) is 10.2 Å². The number of benzene rings is 1. The fourth-order valence-electron chi connectivity index (χ4n) is 3.32. The Hall–Kier alpha value is -3.14. The molecule has 0 spiro atoms. The molecule has 1 aromatic carbocycles. The van der Waals surface area contributed by atoms with Crippen LogP contribution in [0.4, 0.5) is 13.2 Å². The van der Waals surface area contributed by atoms with Crippen molar-refractivity contribution in [3.63, 3.8) is 0 Å². The van der Waals surface area contributed by atoms with E-state index in [1.807, 2.05) is 0 Å². The topological polar surface area (TPSA) is 75.7 Å². The molecule has 6 nitrogen and oxygen atoms in total. The molecule has 0 aliphatic carbocycles. The van der Waals surface area contributed by atoms with Crippen molar-refractivity contribution in [3.8, 4) is 0 Å². The van der Waals surface area contributed by atoms with Crippen LogP contribution < -0.4 is 5.32 Å². The van der Waals surface area contributed by atoms with E-state index in [4.69, 9.17) is 0 Å². The number of nitrogens with zero attached hydrogens (tertiary/aromatic N) is 1. The van der Waals surface area contributed by atoms with E-state index in [9.17, 15) is 27.6 Å². The average molecular weight is 438 g/mol. The minimum absolute atomic E-state index is 0.0326. The molecule has 0 bridgehead atoms. The molecular formula is C20H17F3N2O4S. The lowest BCUT2D eigenvalue weighted by Crippen LogP contribution is -2.66. The number of halogens is 3. The minimum atomic E-state index is -5.30. The largest absolute Gasteiger partial charge is 0.466 e. The number of thiophene rings is 1. The number of amides is 2. The molecule has 1 aliphatic heterocycles. The molecule has 3 rings (SSSR count). The minimum Gasteiger partial charge on any atom is -0.466 e. The quantitative estimate of drug-likeness (QED) is 0.728. The number of nitrogens with one attached hydrogen (secondary N) is 1. The van der Waals surface area contributed by atoms with Gasteiger partial charge in [0.05, 0.1) is 18.5 Å². The molecule has 1 N–H and O–H groups in total. The van der Waals surface area contributed by atoms with Gasteiger partial charge in [0.1, 0.15) is 5.57 Å². The zero-order valence-electron chi connectivity index (χ0n) is 15.9. The predicted molar refractivity (Wildman–Crippen MR) is 102 cm³/mol. The van der Waals surface area contributed by atoms with Gasteiger partial charge in [-0.05, 0) is 23.9 Å². The van der Waals surface area contributed by atoms with Gasteiger partial charge in [-0.1, -0.05) is 36.4 Å². The zero-order chi connectivity index (χ0) is 22.1. The monoisotopic (exact) mass is 438 g/mol. The summed E-state index contributed by atoms with van der Waals surface area (Å²) in [6.07, 6.45) is -5.30. The summed E-state index contributed by atoms with van der Waals surface area (Å²) >= 11 is 0.908. The van der Waals surface area contributed by atoms with Crippen LogP contribution >= 0.6 is 11.3 Å². The molecule has 30 heavy (non-hydrogen) atoms. The third kappa shape index (κ3) is 3.47. The van der Waals surface area contributed by atoms with Crippen molar-refractivity contribution in [2.45, 2.75) is 25.2 Å². The molecule has 1 aliphatic rings. The molecular weight excluding hydrogens is 421 g/mol. The highest BCUT2D eigenvalue weighted by Gasteiger charge is 2.71. The number of carbonyl (C=O) groups is 3. The van der Waals surface area contributed by atoms with Gasteiger partial charge in [-0.2, -0.15) is 13.2 Å². The Morgan fingerprint density at radius 2 is 1.83 bits per heavy atom. The zero-order valence-corrected chi connectivity index (χ0v) is 16.8. The van der Waals surface area contributed by atoms with Crippen molar-refractivity contribution >= 4 is 29.1 Å². The van der Waals surface area contributed by atoms with Gasteiger partial charge < -0.3 is 15.0 Å². The Kier molecular flexibility index (Phi) is 5.71. The molecule has 1 atom stereocenters. The Bertz CT molecular complexity index is 1000. The highest BCUT2D eigenvalue weighted by Crippen LogP contribution is 2.45. The van der Waals surface area contributed by atoms with Gasteiger partial charge in [-0.15, -0.1) is 11.3 Å². The molecule has 2 heterocycles. The summed E-state index contributed by atoms with van der Waals surface area (Å²) in [7, 11) is 0.912. The third-order valence-electron chi connectivity index (χ3n) is 4.75. The van der Waals surface area contributed by atoms with E-state index < -0.39 is 35.1 Å². The number of alkyl halides is 3. The Morgan fingerprint density at radius 1 is 1.17 bits per heavy atom. The van der Waals surface area contributed by atoms with Crippen LogP contribution in [0, 0.1) is 0 Å². The van der Waals surface area contributed by atoms with Crippen molar-refractivity contribution in [3.05, 3.63) is 69.6 Å². The molecule has 0 saturated carbocycles. The van der Waals surface area contributed by atoms with Gasteiger partial charge in [0.25, 0.3) is 17.4 Å². The first-order chi connectivity index (χ1) is 14.1. The summed E-state index contributed by atoms with van der Waals surface area (Å²) in [6.45, 7) is 1.01. The molecule has 0 saturated heterocycles. The second-order valence-corrected chi connectivity index (χ2v) is 7.46. The Balaban J connectivity index is 2.14. The van der Waals surface area contributed by atoms with Crippen molar-refractivity contribution < 1.29 is 32.3 Å². The second kappa shape index (κ2) is 7.94. The van der Waals surface area contributed by atoms with Crippen LogP contribution in [-0.4, -0.2) is 41.5 Å². The molecule has 2 aromatic rings. The number of allylic oxidation sites excluding steroid dienone is 1. The van der Waals surface area contributed by atoms with Crippen LogP contribution in [0.5, 0.6) is 0 Å². The average Bonchev–Trinajstić information content (AvgIpc) is 3.31. The van der Waals surface area contributed by atoms with E-state index in [1.54, 1.807) is 35.6 Å². The van der Waals surface area contributed by atoms with Gasteiger partial charge in [0.2, 0.25) is 0 Å². The maximum absolute atomic E-state index is 14.4. The lowest BCUT2D eigenvalue weighted by Gasteiger charge is -2.32. The normalized spacial score (nSPS) is 19.2. The highest BCUT2D eigenvalue weighted by atomic mass is 32.1. The lowest BCUT2D eigenvalue weighted by molar-refractivity contribution is -0.192. The van der Waals surface area contributed by atoms with Crippen molar-refractivity contribution in [2.24, 2.45) is 0 Å². The summed E-state index contributed by atoms with van der Waals surface area (Å²) in [6, 6.07) is 11.1. The summed E-state index contributed by atoms with van der Waals surface area (Å²) < 4.78 is 47.7. The fraction of sp³-hybridized carbons (Fsp3) is 0.250. The first-order valence-electron chi connectivity index (χ1n) is 8.71. The van der Waals surface area contributed by atoms with Crippen molar-refractivity contribution in [1.29, 1.82) is 0 Å². The van der Waals surface area contributed by atoms with Crippen LogP contribution in [0.15, 0.2) is 59.1 Å². The van der Waals surface area contributed by atoms with E-state index >= 15 is 0 Å². The Morgan fingerprint density at radius 3 is 2.37 bits per heavy atom. The number of carbonyl (C=O) groups excluding carboxylic acids is 3. The summed E-state index contributed by atoms with van der Waals surface area (Å²) in [4.78, 5) is 38.9. The second-order valence-electron chi connectivity index (χ2n) is 6.51. The maximum Gasteiger partial charge on any atom is 0.425 e. The van der Waals surface area contributed by atoms with Crippen LogP contribution in [0.1, 0.15) is 22.2 Å². The van der Waals surface area contributed by atoms with E-state index in [0.29, 0.717) is 5.56 Å². The first-order valence-corrected chi connectivity index (χ1v) is 9.59. The SMILES string of the molecule is COC(=O)C1=C(C)N(Cc2ccccc2)C(=O)[C@@]1(NC(=O)c1cccs1)C(F)(F)F.